The van der Waals surface area contributed by atoms with Gasteiger partial charge in [-0.1, -0.05) is 42.8 Å². The highest BCUT2D eigenvalue weighted by Gasteiger charge is 2.38. The average Bonchev–Trinajstić information content (AvgIpc) is 3.94. The highest BCUT2D eigenvalue weighted by atomic mass is 19.4. The van der Waals surface area contributed by atoms with Crippen LogP contribution in [0.4, 0.5) is 13.2 Å². The predicted octanol–water partition coefficient (Wildman–Crippen LogP) is 7.33. The number of furan rings is 1. The number of hydrogen-bond donors (Lipinski definition) is 2. The Bertz CT molecular complexity index is 1790. The lowest BCUT2D eigenvalue weighted by atomic mass is 9.98. The number of alkyl halides is 3. The Morgan fingerprint density at radius 3 is 1.83 bits per heavy atom. The van der Waals surface area contributed by atoms with Crippen LogP contribution in [0.5, 0.6) is 0 Å². The van der Waals surface area contributed by atoms with Gasteiger partial charge in [0.05, 0.1) is 30.4 Å². The highest BCUT2D eigenvalue weighted by Crippen LogP contribution is 2.27. The maximum absolute atomic E-state index is 12.3. The van der Waals surface area contributed by atoms with Gasteiger partial charge in [-0.3, -0.25) is 24.5 Å². The minimum atomic E-state index is -4.64. The van der Waals surface area contributed by atoms with E-state index in [1.165, 1.54) is 5.57 Å². The summed E-state index contributed by atoms with van der Waals surface area (Å²) < 4.78 is 46.8. The van der Waals surface area contributed by atoms with Crippen LogP contribution in [-0.4, -0.2) is 73.1 Å². The van der Waals surface area contributed by atoms with Crippen molar-refractivity contribution in [1.82, 2.24) is 15.5 Å². The zero-order valence-corrected chi connectivity index (χ0v) is 34.5. The maximum atomic E-state index is 12.3. The van der Waals surface area contributed by atoms with Crippen molar-refractivity contribution in [3.63, 3.8) is 0 Å². The third-order valence-electron chi connectivity index (χ3n) is 9.18. The van der Waals surface area contributed by atoms with Gasteiger partial charge in [0.25, 0.3) is 0 Å². The summed E-state index contributed by atoms with van der Waals surface area (Å²) in [6, 6.07) is 13.7. The number of esters is 2. The van der Waals surface area contributed by atoms with E-state index >= 15 is 0 Å². The largest absolute Gasteiger partial charge is 0.463 e. The molecule has 15 heteroatoms. The summed E-state index contributed by atoms with van der Waals surface area (Å²) in [7, 11) is 1.81. The van der Waals surface area contributed by atoms with Crippen LogP contribution in [0.3, 0.4) is 0 Å². The topological polar surface area (TPSA) is 161 Å². The van der Waals surface area contributed by atoms with Crippen LogP contribution >= 0.6 is 0 Å². The molecule has 4 aliphatic rings. The first kappa shape index (κ1) is 48.8. The molecule has 12 nitrogen and oxygen atoms in total. The molecule has 3 heterocycles. The molecule has 1 aromatic heterocycles. The number of allylic oxidation sites excluding steroid dienone is 4. The van der Waals surface area contributed by atoms with Crippen LogP contribution in [0.1, 0.15) is 103 Å². The summed E-state index contributed by atoms with van der Waals surface area (Å²) >= 11 is 0. The number of hydrogen-bond acceptors (Lipinski definition) is 11. The molecule has 0 spiro atoms. The van der Waals surface area contributed by atoms with Crippen LogP contribution in [0.25, 0.3) is 0 Å². The lowest BCUT2D eigenvalue weighted by molar-refractivity contribution is -0.156. The third kappa shape index (κ3) is 16.7. The van der Waals surface area contributed by atoms with Crippen molar-refractivity contribution in [1.29, 1.82) is 0 Å². The van der Waals surface area contributed by atoms with E-state index in [-0.39, 0.29) is 30.3 Å². The Labute approximate surface area is 338 Å². The summed E-state index contributed by atoms with van der Waals surface area (Å²) in [4.78, 5) is 67.1. The SMILES string of the molecule is CC1=CC(=O)CC1.CCOC(=O)C1=C(C)NC(C)=C(C(=O)OCC)C1.C[C@H]1CCC(=O)C1.Cc1ccc([C@@H]2N[C@H](Cc3ccccc3)C(=O)N2C)o1.O=CC(F)(F)F. The van der Waals surface area contributed by atoms with Gasteiger partial charge in [0.15, 0.2) is 5.78 Å². The second-order valence-electron chi connectivity index (χ2n) is 14.2. The quantitative estimate of drug-likeness (QED) is 0.213. The van der Waals surface area contributed by atoms with Crippen molar-refractivity contribution < 1.29 is 55.8 Å². The number of amides is 1. The minimum absolute atomic E-state index is 0.105. The van der Waals surface area contributed by atoms with Crippen LogP contribution in [0, 0.1) is 12.8 Å². The number of carbonyl (C=O) groups is 6. The van der Waals surface area contributed by atoms with Gasteiger partial charge in [0, 0.05) is 44.1 Å². The molecule has 58 heavy (non-hydrogen) atoms. The molecule has 6 rings (SSSR count). The fourth-order valence-electron chi connectivity index (χ4n) is 6.12. The first-order chi connectivity index (χ1) is 27.3. The minimum Gasteiger partial charge on any atom is -0.463 e. The van der Waals surface area contributed by atoms with Crippen LogP contribution < -0.4 is 10.6 Å². The highest BCUT2D eigenvalue weighted by molar-refractivity contribution is 5.96. The normalized spacial score (nSPS) is 19.9. The third-order valence-corrected chi connectivity index (χ3v) is 9.18. The van der Waals surface area contributed by atoms with Gasteiger partial charge in [0.1, 0.15) is 23.5 Å². The van der Waals surface area contributed by atoms with E-state index in [1.807, 2.05) is 63.4 Å². The Hall–Kier alpha value is -5.31. The fraction of sp³-hybridized carbons (Fsp3) is 0.488. The molecule has 1 amide bonds. The van der Waals surface area contributed by atoms with Gasteiger partial charge in [-0.2, -0.15) is 13.2 Å². The number of nitrogens with zero attached hydrogens (tertiary/aromatic N) is 1. The molecule has 2 aliphatic carbocycles. The molecule has 1 saturated heterocycles. The molecule has 2 aromatic rings. The zero-order chi connectivity index (χ0) is 43.6. The van der Waals surface area contributed by atoms with Crippen molar-refractivity contribution in [3.05, 3.63) is 93.7 Å². The van der Waals surface area contributed by atoms with Gasteiger partial charge in [0.2, 0.25) is 12.2 Å². The number of carbonyl (C=O) groups excluding carboxylic acids is 6. The maximum Gasteiger partial charge on any atom is 0.446 e. The number of ether oxygens (including phenoxy) is 2. The number of aryl methyl sites for hydroxylation is 1. The Kier molecular flexibility index (Phi) is 20.0. The van der Waals surface area contributed by atoms with E-state index in [0.717, 1.165) is 60.6 Å². The van der Waals surface area contributed by atoms with Crippen LogP contribution in [0.2, 0.25) is 0 Å². The molecule has 2 aliphatic heterocycles. The summed E-state index contributed by atoms with van der Waals surface area (Å²) in [5.41, 5.74) is 4.78. The lowest BCUT2D eigenvalue weighted by Crippen LogP contribution is -2.31. The van der Waals surface area contributed by atoms with Crippen LogP contribution in [-0.2, 0) is 44.7 Å². The van der Waals surface area contributed by atoms with E-state index in [1.54, 1.807) is 38.7 Å². The second-order valence-corrected chi connectivity index (χ2v) is 14.2. The molecule has 1 saturated carbocycles. The molecule has 0 bridgehead atoms. The fourth-order valence-corrected chi connectivity index (χ4v) is 6.12. The number of Topliss-reactive ketones (excluding diaryl/α,β-unsaturated/α-hetero) is 1. The van der Waals surface area contributed by atoms with E-state index < -0.39 is 24.4 Å². The average molecular weight is 816 g/mol. The first-order valence-electron chi connectivity index (χ1n) is 19.2. The van der Waals surface area contributed by atoms with Gasteiger partial charge < -0.3 is 24.1 Å². The molecule has 318 valence electrons. The van der Waals surface area contributed by atoms with Crippen molar-refractivity contribution in [3.8, 4) is 0 Å². The molecule has 1 aromatic carbocycles. The number of aldehydes is 1. The van der Waals surface area contributed by atoms with Crippen LogP contribution in [0.15, 0.2) is 81.1 Å². The van der Waals surface area contributed by atoms with Gasteiger partial charge in [-0.15, -0.1) is 0 Å². The van der Waals surface area contributed by atoms with Gasteiger partial charge in [-0.05, 0) is 90.5 Å². The van der Waals surface area contributed by atoms with Crippen molar-refractivity contribution in [2.24, 2.45) is 5.92 Å². The second kappa shape index (κ2) is 23.8. The molecule has 0 radical (unpaired) electrons. The molecular weight excluding hydrogens is 759 g/mol. The van der Waals surface area contributed by atoms with E-state index in [0.29, 0.717) is 42.5 Å². The summed E-state index contributed by atoms with van der Waals surface area (Å²) in [5, 5.41) is 6.37. The molecule has 2 N–H and O–H groups in total. The standard InChI is InChI=1S/C16H18N2O2.C13H19NO4.C6H10O.C6H8O.C2HF3O/c1-11-8-9-14(20-11)15-17-13(16(19)18(15)2)10-12-6-4-3-5-7-12;1-5-17-12(15)10-7-11(13(16)18-6-2)9(4)14-8(10)3;2*1-5-2-3-6(7)4-5;3-2(4,5)1-6/h3-9,13,15,17H,10H2,1-2H3;14H,5-7H2,1-4H3;5H,2-4H2,1H3;4H,2-3H2,1H3;1H/t13-,15-;;5-;;/m1.0../s1. The number of nitrogens with one attached hydrogen (secondary N) is 2. The van der Waals surface area contributed by atoms with Gasteiger partial charge >= 0.3 is 18.1 Å². The molecule has 0 unspecified atom stereocenters. The number of likely N-dealkylation sites (N-methyl/N-ethyl adjacent to an activating group) is 1. The molecular formula is C43H56F3N3O9. The van der Waals surface area contributed by atoms with Gasteiger partial charge in [-0.25, -0.2) is 9.59 Å². The monoisotopic (exact) mass is 815 g/mol. The van der Waals surface area contributed by atoms with Crippen molar-refractivity contribution in [2.75, 3.05) is 20.3 Å². The number of halogens is 3. The summed E-state index contributed by atoms with van der Waals surface area (Å²) in [6.45, 7) is 13.7. The van der Waals surface area contributed by atoms with Crippen molar-refractivity contribution in [2.45, 2.75) is 112 Å². The smallest absolute Gasteiger partial charge is 0.446 e. The van der Waals surface area contributed by atoms with E-state index in [4.69, 9.17) is 18.7 Å². The van der Waals surface area contributed by atoms with Crippen molar-refractivity contribution >= 4 is 35.7 Å². The predicted molar refractivity (Wildman–Crippen MR) is 211 cm³/mol. The van der Waals surface area contributed by atoms with E-state index in [2.05, 4.69) is 17.6 Å². The zero-order valence-electron chi connectivity index (χ0n) is 34.5. The van der Waals surface area contributed by atoms with E-state index in [9.17, 15) is 37.1 Å². The lowest BCUT2D eigenvalue weighted by Gasteiger charge is -2.22. The Balaban J connectivity index is 0.000000275. The number of dihydropyridines is 1. The summed E-state index contributed by atoms with van der Waals surface area (Å²) in [6.07, 6.45) is 1.31. The molecule has 3 atom stereocenters. The Morgan fingerprint density at radius 1 is 0.897 bits per heavy atom. The first-order valence-corrected chi connectivity index (χ1v) is 19.2. The number of rotatable bonds is 7. The number of ketones is 2. The number of benzene rings is 1. The Morgan fingerprint density at radius 2 is 1.47 bits per heavy atom. The summed E-state index contributed by atoms with van der Waals surface area (Å²) in [5.74, 6) is 2.38. The molecule has 2 fully saturated rings.